The first kappa shape index (κ1) is 13.8. The summed E-state index contributed by atoms with van der Waals surface area (Å²) in [4.78, 5) is 0. The molecule has 0 aliphatic heterocycles. The van der Waals surface area contributed by atoms with E-state index in [9.17, 15) is 0 Å². The number of hydrogen-bond acceptors (Lipinski definition) is 1. The summed E-state index contributed by atoms with van der Waals surface area (Å²) >= 11 is 5.88. The van der Waals surface area contributed by atoms with Crippen LogP contribution in [-0.2, 0) is 0 Å². The molecular weight excluding hydrogens is 217 g/mol. The zero-order valence-corrected chi connectivity index (χ0v) is 10.1. The maximum atomic E-state index is 6.06. The van der Waals surface area contributed by atoms with E-state index in [0.29, 0.717) is 5.92 Å². The Morgan fingerprint density at radius 2 is 2.07 bits per heavy atom. The molecule has 1 rings (SSSR count). The number of halogens is 2. The number of rotatable bonds is 3. The van der Waals surface area contributed by atoms with E-state index >= 15 is 0 Å². The Hall–Kier alpha value is -0.240. The van der Waals surface area contributed by atoms with Crippen molar-refractivity contribution in [3.8, 4) is 0 Å². The summed E-state index contributed by atoms with van der Waals surface area (Å²) in [5, 5.41) is 0.760. The first-order valence-electron chi connectivity index (χ1n) is 4.66. The van der Waals surface area contributed by atoms with Crippen LogP contribution in [0.4, 0.5) is 0 Å². The Labute approximate surface area is 97.1 Å². The predicted octanol–water partition coefficient (Wildman–Crippen LogP) is 3.81. The molecule has 80 valence electrons. The predicted molar refractivity (Wildman–Crippen MR) is 65.1 cm³/mol. The second-order valence-corrected chi connectivity index (χ2v) is 3.90. The lowest BCUT2D eigenvalue weighted by molar-refractivity contribution is 0.457. The molecule has 0 amide bonds. The standard InChI is InChI=1S/C11H16ClN.ClH/c1-3-8(2)11(13)9-5-4-6-10(12)7-9;/h4-8,11H,3,13H2,1-2H3;1H/t8?,11-;/m0./s1. The molecule has 1 aromatic carbocycles. The Kier molecular flexibility index (Phi) is 6.17. The summed E-state index contributed by atoms with van der Waals surface area (Å²) in [6.07, 6.45) is 1.09. The SMILES string of the molecule is CCC(C)[C@H](N)c1cccc(Cl)c1.Cl. The van der Waals surface area contributed by atoms with E-state index in [1.807, 2.05) is 24.3 Å². The van der Waals surface area contributed by atoms with Gasteiger partial charge in [0, 0.05) is 11.1 Å². The molecule has 0 aliphatic carbocycles. The smallest absolute Gasteiger partial charge is 0.0409 e. The van der Waals surface area contributed by atoms with E-state index < -0.39 is 0 Å². The van der Waals surface area contributed by atoms with Gasteiger partial charge in [0.25, 0.3) is 0 Å². The van der Waals surface area contributed by atoms with Crippen LogP contribution in [0, 0.1) is 5.92 Å². The fourth-order valence-corrected chi connectivity index (χ4v) is 1.50. The van der Waals surface area contributed by atoms with Crippen molar-refractivity contribution in [1.29, 1.82) is 0 Å². The zero-order chi connectivity index (χ0) is 9.84. The molecule has 1 aromatic rings. The van der Waals surface area contributed by atoms with E-state index in [-0.39, 0.29) is 18.4 Å². The fourth-order valence-electron chi connectivity index (χ4n) is 1.30. The highest BCUT2D eigenvalue weighted by Crippen LogP contribution is 2.23. The molecule has 0 saturated heterocycles. The Balaban J connectivity index is 0.00000169. The molecule has 2 N–H and O–H groups in total. The van der Waals surface area contributed by atoms with Crippen LogP contribution in [-0.4, -0.2) is 0 Å². The highest BCUT2D eigenvalue weighted by molar-refractivity contribution is 6.30. The van der Waals surface area contributed by atoms with Crippen molar-refractivity contribution in [2.45, 2.75) is 26.3 Å². The highest BCUT2D eigenvalue weighted by Gasteiger charge is 2.12. The minimum atomic E-state index is 0. The van der Waals surface area contributed by atoms with Gasteiger partial charge >= 0.3 is 0 Å². The quantitative estimate of drug-likeness (QED) is 0.845. The van der Waals surface area contributed by atoms with Gasteiger partial charge in [-0.15, -0.1) is 12.4 Å². The summed E-state index contributed by atoms with van der Waals surface area (Å²) in [5.41, 5.74) is 7.19. The lowest BCUT2D eigenvalue weighted by atomic mass is 9.93. The number of hydrogen-bond donors (Lipinski definition) is 1. The Morgan fingerprint density at radius 3 is 2.57 bits per heavy atom. The molecular formula is C11H17Cl2N. The summed E-state index contributed by atoms with van der Waals surface area (Å²) in [6, 6.07) is 7.89. The van der Waals surface area contributed by atoms with Crippen molar-refractivity contribution >= 4 is 24.0 Å². The van der Waals surface area contributed by atoms with Crippen LogP contribution >= 0.6 is 24.0 Å². The monoisotopic (exact) mass is 233 g/mol. The van der Waals surface area contributed by atoms with Crippen molar-refractivity contribution in [3.05, 3.63) is 34.9 Å². The fraction of sp³-hybridized carbons (Fsp3) is 0.455. The van der Waals surface area contributed by atoms with Crippen LogP contribution < -0.4 is 5.73 Å². The van der Waals surface area contributed by atoms with Gasteiger partial charge < -0.3 is 5.73 Å². The lowest BCUT2D eigenvalue weighted by Gasteiger charge is -2.18. The zero-order valence-electron chi connectivity index (χ0n) is 8.53. The van der Waals surface area contributed by atoms with Crippen LogP contribution in [0.3, 0.4) is 0 Å². The summed E-state index contributed by atoms with van der Waals surface area (Å²) in [7, 11) is 0. The van der Waals surface area contributed by atoms with Gasteiger partial charge in [0.15, 0.2) is 0 Å². The average Bonchev–Trinajstić information content (AvgIpc) is 2.15. The van der Waals surface area contributed by atoms with E-state index in [2.05, 4.69) is 13.8 Å². The van der Waals surface area contributed by atoms with Crippen molar-refractivity contribution in [2.75, 3.05) is 0 Å². The van der Waals surface area contributed by atoms with E-state index in [1.165, 1.54) is 0 Å². The van der Waals surface area contributed by atoms with Crippen LogP contribution in [0.25, 0.3) is 0 Å². The number of benzene rings is 1. The largest absolute Gasteiger partial charge is 0.324 e. The van der Waals surface area contributed by atoms with Crippen LogP contribution in [0.1, 0.15) is 31.9 Å². The van der Waals surface area contributed by atoms with Crippen LogP contribution in [0.5, 0.6) is 0 Å². The van der Waals surface area contributed by atoms with Gasteiger partial charge in [-0.3, -0.25) is 0 Å². The molecule has 14 heavy (non-hydrogen) atoms. The van der Waals surface area contributed by atoms with Crippen LogP contribution in [0.2, 0.25) is 5.02 Å². The molecule has 0 aliphatic rings. The summed E-state index contributed by atoms with van der Waals surface area (Å²) in [5.74, 6) is 0.499. The van der Waals surface area contributed by atoms with Crippen LogP contribution in [0.15, 0.2) is 24.3 Å². The summed E-state index contributed by atoms with van der Waals surface area (Å²) in [6.45, 7) is 4.31. The molecule has 0 heterocycles. The molecule has 0 saturated carbocycles. The normalized spacial score (nSPS) is 14.3. The minimum Gasteiger partial charge on any atom is -0.324 e. The van der Waals surface area contributed by atoms with Gasteiger partial charge in [0.1, 0.15) is 0 Å². The molecule has 0 aromatic heterocycles. The molecule has 1 nitrogen and oxygen atoms in total. The van der Waals surface area contributed by atoms with Crippen molar-refractivity contribution in [1.82, 2.24) is 0 Å². The van der Waals surface area contributed by atoms with Crippen molar-refractivity contribution in [2.24, 2.45) is 11.7 Å². The molecule has 2 atom stereocenters. The van der Waals surface area contributed by atoms with Crippen molar-refractivity contribution in [3.63, 3.8) is 0 Å². The average molecular weight is 234 g/mol. The van der Waals surface area contributed by atoms with Gasteiger partial charge in [-0.05, 0) is 23.6 Å². The Bertz CT molecular complexity index is 276. The van der Waals surface area contributed by atoms with Gasteiger partial charge in [0.05, 0.1) is 0 Å². The van der Waals surface area contributed by atoms with Gasteiger partial charge in [-0.25, -0.2) is 0 Å². The van der Waals surface area contributed by atoms with E-state index in [1.54, 1.807) is 0 Å². The first-order valence-corrected chi connectivity index (χ1v) is 5.04. The third-order valence-corrected chi connectivity index (χ3v) is 2.73. The van der Waals surface area contributed by atoms with Gasteiger partial charge in [-0.2, -0.15) is 0 Å². The summed E-state index contributed by atoms with van der Waals surface area (Å²) < 4.78 is 0. The molecule has 1 unspecified atom stereocenters. The van der Waals surface area contributed by atoms with E-state index in [4.69, 9.17) is 17.3 Å². The minimum absolute atomic E-state index is 0. The molecule has 0 spiro atoms. The van der Waals surface area contributed by atoms with E-state index in [0.717, 1.165) is 17.0 Å². The maximum absolute atomic E-state index is 6.06. The molecule has 0 radical (unpaired) electrons. The maximum Gasteiger partial charge on any atom is 0.0409 e. The third kappa shape index (κ3) is 3.49. The molecule has 0 bridgehead atoms. The second-order valence-electron chi connectivity index (χ2n) is 3.47. The topological polar surface area (TPSA) is 26.0 Å². The Morgan fingerprint density at radius 1 is 1.43 bits per heavy atom. The van der Waals surface area contributed by atoms with Gasteiger partial charge in [-0.1, -0.05) is 44.0 Å². The third-order valence-electron chi connectivity index (χ3n) is 2.49. The number of nitrogens with two attached hydrogens (primary N) is 1. The highest BCUT2D eigenvalue weighted by atomic mass is 35.5. The lowest BCUT2D eigenvalue weighted by Crippen LogP contribution is -2.18. The first-order chi connectivity index (χ1) is 6.15. The van der Waals surface area contributed by atoms with Crippen molar-refractivity contribution < 1.29 is 0 Å². The molecule has 0 fully saturated rings. The second kappa shape index (κ2) is 6.28. The van der Waals surface area contributed by atoms with Gasteiger partial charge in [0.2, 0.25) is 0 Å². The molecule has 3 heteroatoms.